The zero-order chi connectivity index (χ0) is 8.48. The molecule has 0 atom stereocenters. The quantitative estimate of drug-likeness (QED) is 0.521. The van der Waals surface area contributed by atoms with Crippen LogP contribution in [0, 0.1) is 5.41 Å². The van der Waals surface area contributed by atoms with Crippen LogP contribution >= 0.6 is 0 Å². The summed E-state index contributed by atoms with van der Waals surface area (Å²) >= 11 is 0. The maximum atomic E-state index is 10.9. The standard InChI is InChI=1S/C9H17NO/c1-8(11)10-6-4-9(2,3)5-7-10/h4-7H2,1-3H3. The predicted molar refractivity (Wildman–Crippen MR) is 45.3 cm³/mol. The molecular formula is C9H17NO. The third-order valence-electron chi connectivity index (χ3n) is 2.56. The fourth-order valence-electron chi connectivity index (χ4n) is 1.43. The van der Waals surface area contributed by atoms with Crippen LogP contribution < -0.4 is 0 Å². The molecule has 0 aliphatic carbocycles. The van der Waals surface area contributed by atoms with Crippen molar-refractivity contribution in [1.82, 2.24) is 4.90 Å². The summed E-state index contributed by atoms with van der Waals surface area (Å²) in [6, 6.07) is 0. The minimum atomic E-state index is 0.223. The number of rotatable bonds is 0. The van der Waals surface area contributed by atoms with E-state index < -0.39 is 0 Å². The lowest BCUT2D eigenvalue weighted by atomic mass is 9.83. The number of nitrogens with zero attached hydrogens (tertiary/aromatic N) is 1. The first kappa shape index (κ1) is 8.57. The Morgan fingerprint density at radius 2 is 1.73 bits per heavy atom. The van der Waals surface area contributed by atoms with Crippen LogP contribution in [0.1, 0.15) is 33.6 Å². The van der Waals surface area contributed by atoms with Gasteiger partial charge in [-0.3, -0.25) is 4.79 Å². The first-order valence-electron chi connectivity index (χ1n) is 4.27. The lowest BCUT2D eigenvalue weighted by Gasteiger charge is -2.36. The molecule has 0 aromatic carbocycles. The highest BCUT2D eigenvalue weighted by molar-refractivity contribution is 5.73. The summed E-state index contributed by atoms with van der Waals surface area (Å²) in [4.78, 5) is 12.9. The van der Waals surface area contributed by atoms with Crippen molar-refractivity contribution in [1.29, 1.82) is 0 Å². The monoisotopic (exact) mass is 155 g/mol. The van der Waals surface area contributed by atoms with Crippen molar-refractivity contribution in [3.8, 4) is 0 Å². The molecule has 2 nitrogen and oxygen atoms in total. The Balaban J connectivity index is 2.42. The molecule has 1 rings (SSSR count). The summed E-state index contributed by atoms with van der Waals surface area (Å²) in [7, 11) is 0. The van der Waals surface area contributed by atoms with Crippen molar-refractivity contribution < 1.29 is 4.79 Å². The van der Waals surface area contributed by atoms with Gasteiger partial charge in [0.15, 0.2) is 0 Å². The van der Waals surface area contributed by atoms with Crippen molar-refractivity contribution in [2.24, 2.45) is 5.41 Å². The zero-order valence-electron chi connectivity index (χ0n) is 7.68. The van der Waals surface area contributed by atoms with Crippen molar-refractivity contribution >= 4 is 5.91 Å². The number of hydrogen-bond donors (Lipinski definition) is 0. The van der Waals surface area contributed by atoms with Gasteiger partial charge in [0, 0.05) is 20.0 Å². The molecule has 0 bridgehead atoms. The van der Waals surface area contributed by atoms with Gasteiger partial charge in [0.25, 0.3) is 0 Å². The number of carbonyl (C=O) groups is 1. The van der Waals surface area contributed by atoms with Gasteiger partial charge in [-0.1, -0.05) is 13.8 Å². The summed E-state index contributed by atoms with van der Waals surface area (Å²) in [6.07, 6.45) is 2.29. The Bertz CT molecular complexity index is 153. The first-order valence-corrected chi connectivity index (χ1v) is 4.27. The second-order valence-corrected chi connectivity index (χ2v) is 4.17. The summed E-state index contributed by atoms with van der Waals surface area (Å²) in [5.74, 6) is 0.223. The van der Waals surface area contributed by atoms with E-state index in [1.165, 1.54) is 0 Å². The van der Waals surface area contributed by atoms with Gasteiger partial charge in [-0.2, -0.15) is 0 Å². The van der Waals surface area contributed by atoms with Crippen molar-refractivity contribution in [2.45, 2.75) is 33.6 Å². The van der Waals surface area contributed by atoms with Crippen LogP contribution in [-0.4, -0.2) is 23.9 Å². The molecule has 1 aliphatic heterocycles. The molecule has 1 heterocycles. The topological polar surface area (TPSA) is 20.3 Å². The van der Waals surface area contributed by atoms with Crippen LogP contribution in [0.15, 0.2) is 0 Å². The summed E-state index contributed by atoms with van der Waals surface area (Å²) in [5.41, 5.74) is 0.450. The minimum absolute atomic E-state index is 0.223. The van der Waals surface area contributed by atoms with E-state index in [0.717, 1.165) is 25.9 Å². The maximum Gasteiger partial charge on any atom is 0.219 e. The minimum Gasteiger partial charge on any atom is -0.343 e. The summed E-state index contributed by atoms with van der Waals surface area (Å²) in [6.45, 7) is 8.08. The van der Waals surface area contributed by atoms with Gasteiger partial charge in [0.1, 0.15) is 0 Å². The largest absolute Gasteiger partial charge is 0.343 e. The van der Waals surface area contributed by atoms with E-state index in [1.807, 2.05) is 4.90 Å². The second kappa shape index (κ2) is 2.84. The zero-order valence-corrected chi connectivity index (χ0v) is 7.68. The Hall–Kier alpha value is -0.530. The molecule has 0 aromatic heterocycles. The van der Waals surface area contributed by atoms with Crippen molar-refractivity contribution in [3.05, 3.63) is 0 Å². The van der Waals surface area contributed by atoms with Gasteiger partial charge >= 0.3 is 0 Å². The third kappa shape index (κ3) is 2.21. The van der Waals surface area contributed by atoms with Gasteiger partial charge in [0.05, 0.1) is 0 Å². The van der Waals surface area contributed by atoms with Crippen LogP contribution in [0.3, 0.4) is 0 Å². The van der Waals surface area contributed by atoms with Gasteiger partial charge in [-0.25, -0.2) is 0 Å². The molecule has 0 radical (unpaired) electrons. The molecule has 0 unspecified atom stereocenters. The van der Waals surface area contributed by atoms with Gasteiger partial charge in [-0.15, -0.1) is 0 Å². The number of amides is 1. The van der Waals surface area contributed by atoms with Gasteiger partial charge < -0.3 is 4.90 Å². The first-order chi connectivity index (χ1) is 5.01. The van der Waals surface area contributed by atoms with E-state index in [9.17, 15) is 4.79 Å². The van der Waals surface area contributed by atoms with Gasteiger partial charge in [-0.05, 0) is 18.3 Å². The molecule has 11 heavy (non-hydrogen) atoms. The highest BCUT2D eigenvalue weighted by atomic mass is 16.2. The highest BCUT2D eigenvalue weighted by Crippen LogP contribution is 2.29. The Morgan fingerprint density at radius 3 is 2.09 bits per heavy atom. The number of hydrogen-bond acceptors (Lipinski definition) is 1. The molecule has 0 saturated carbocycles. The SMILES string of the molecule is CC(=O)N1CCC(C)(C)CC1. The molecule has 1 aliphatic rings. The van der Waals surface area contributed by atoms with Crippen molar-refractivity contribution in [2.75, 3.05) is 13.1 Å². The second-order valence-electron chi connectivity index (χ2n) is 4.17. The van der Waals surface area contributed by atoms with Gasteiger partial charge in [0.2, 0.25) is 5.91 Å². The van der Waals surface area contributed by atoms with Crippen LogP contribution in [-0.2, 0) is 4.79 Å². The molecule has 2 heteroatoms. The predicted octanol–water partition coefficient (Wildman–Crippen LogP) is 1.65. The molecule has 0 N–H and O–H groups in total. The van der Waals surface area contributed by atoms with Crippen LogP contribution in [0.4, 0.5) is 0 Å². The fraction of sp³-hybridized carbons (Fsp3) is 0.889. The molecular weight excluding hydrogens is 138 g/mol. The Labute approximate surface area is 68.6 Å². The van der Waals surface area contributed by atoms with E-state index >= 15 is 0 Å². The van der Waals surface area contributed by atoms with E-state index in [-0.39, 0.29) is 5.91 Å². The molecule has 1 fully saturated rings. The summed E-state index contributed by atoms with van der Waals surface area (Å²) in [5, 5.41) is 0. The number of likely N-dealkylation sites (tertiary alicyclic amines) is 1. The number of carbonyl (C=O) groups excluding carboxylic acids is 1. The molecule has 0 spiro atoms. The van der Waals surface area contributed by atoms with Crippen LogP contribution in [0.2, 0.25) is 0 Å². The molecule has 0 aromatic rings. The third-order valence-corrected chi connectivity index (χ3v) is 2.56. The average Bonchev–Trinajstić information content (AvgIpc) is 1.86. The van der Waals surface area contributed by atoms with E-state index in [1.54, 1.807) is 6.92 Å². The smallest absolute Gasteiger partial charge is 0.219 e. The lowest BCUT2D eigenvalue weighted by Crippen LogP contribution is -2.39. The molecule has 1 saturated heterocycles. The van der Waals surface area contributed by atoms with Crippen LogP contribution in [0.5, 0.6) is 0 Å². The Kier molecular flexibility index (Phi) is 2.21. The van der Waals surface area contributed by atoms with E-state index in [4.69, 9.17) is 0 Å². The van der Waals surface area contributed by atoms with E-state index in [2.05, 4.69) is 13.8 Å². The van der Waals surface area contributed by atoms with E-state index in [0.29, 0.717) is 5.41 Å². The average molecular weight is 155 g/mol. The van der Waals surface area contributed by atoms with Crippen LogP contribution in [0.25, 0.3) is 0 Å². The summed E-state index contributed by atoms with van der Waals surface area (Å²) < 4.78 is 0. The normalized spacial score (nSPS) is 23.4. The van der Waals surface area contributed by atoms with Crippen molar-refractivity contribution in [3.63, 3.8) is 0 Å². The highest BCUT2D eigenvalue weighted by Gasteiger charge is 2.25. The maximum absolute atomic E-state index is 10.9. The molecule has 64 valence electrons. The molecule has 1 amide bonds. The number of piperidine rings is 1. The fourth-order valence-corrected chi connectivity index (χ4v) is 1.43. The Morgan fingerprint density at radius 1 is 1.27 bits per heavy atom. The lowest BCUT2D eigenvalue weighted by molar-refractivity contribution is -0.130.